The zero-order chi connectivity index (χ0) is 13.0. The Kier molecular flexibility index (Phi) is 3.78. The van der Waals surface area contributed by atoms with Crippen LogP contribution in [0.25, 0.3) is 0 Å². The first-order valence-corrected chi connectivity index (χ1v) is 6.01. The second kappa shape index (κ2) is 5.50. The molecule has 2 aromatic rings. The van der Waals surface area contributed by atoms with Crippen molar-refractivity contribution in [3.63, 3.8) is 0 Å². The second-order valence-corrected chi connectivity index (χ2v) is 4.55. The standard InChI is InChI=1S/C16H17NO/c1-13-3-9-16(10-4-13)17(2)11-14-5-7-15(12-18)8-6-14/h3-10,12H,11H2,1-2H3. The van der Waals surface area contributed by atoms with E-state index in [9.17, 15) is 4.79 Å². The van der Waals surface area contributed by atoms with Crippen LogP contribution < -0.4 is 4.90 Å². The second-order valence-electron chi connectivity index (χ2n) is 4.55. The largest absolute Gasteiger partial charge is 0.370 e. The summed E-state index contributed by atoms with van der Waals surface area (Å²) in [5.41, 5.74) is 4.38. The van der Waals surface area contributed by atoms with Crippen molar-refractivity contribution in [1.82, 2.24) is 0 Å². The average molecular weight is 239 g/mol. The smallest absolute Gasteiger partial charge is 0.150 e. The van der Waals surface area contributed by atoms with Crippen LogP contribution >= 0.6 is 0 Å². The molecule has 2 rings (SSSR count). The van der Waals surface area contributed by atoms with E-state index < -0.39 is 0 Å². The molecule has 0 amide bonds. The maximum absolute atomic E-state index is 10.6. The van der Waals surface area contributed by atoms with Gasteiger partial charge in [0, 0.05) is 24.8 Å². The molecule has 0 bridgehead atoms. The first kappa shape index (κ1) is 12.4. The van der Waals surface area contributed by atoms with Gasteiger partial charge in [0.2, 0.25) is 0 Å². The maximum atomic E-state index is 10.6. The van der Waals surface area contributed by atoms with Gasteiger partial charge < -0.3 is 4.90 Å². The fraction of sp³-hybridized carbons (Fsp3) is 0.188. The summed E-state index contributed by atoms with van der Waals surface area (Å²) in [5.74, 6) is 0. The summed E-state index contributed by atoms with van der Waals surface area (Å²) >= 11 is 0. The highest BCUT2D eigenvalue weighted by atomic mass is 16.1. The minimum atomic E-state index is 0.719. The molecule has 0 aliphatic carbocycles. The van der Waals surface area contributed by atoms with Crippen LogP contribution in [-0.2, 0) is 6.54 Å². The Balaban J connectivity index is 2.08. The van der Waals surface area contributed by atoms with Gasteiger partial charge in [-0.25, -0.2) is 0 Å². The van der Waals surface area contributed by atoms with E-state index in [1.807, 2.05) is 24.3 Å². The summed E-state index contributed by atoms with van der Waals surface area (Å²) in [6.45, 7) is 2.92. The molecular weight excluding hydrogens is 222 g/mol. The van der Waals surface area contributed by atoms with Gasteiger partial charge in [0.25, 0.3) is 0 Å². The number of anilines is 1. The lowest BCUT2D eigenvalue weighted by Crippen LogP contribution is -2.16. The zero-order valence-electron chi connectivity index (χ0n) is 10.8. The third-order valence-corrected chi connectivity index (χ3v) is 3.01. The SMILES string of the molecule is Cc1ccc(N(C)Cc2ccc(C=O)cc2)cc1. The summed E-state index contributed by atoms with van der Waals surface area (Å²) in [7, 11) is 2.07. The van der Waals surface area contributed by atoms with Crippen molar-refractivity contribution >= 4 is 12.0 Å². The van der Waals surface area contributed by atoms with Gasteiger partial charge in [-0.15, -0.1) is 0 Å². The van der Waals surface area contributed by atoms with Crippen LogP contribution in [0.5, 0.6) is 0 Å². The molecule has 0 saturated carbocycles. The van der Waals surface area contributed by atoms with E-state index in [4.69, 9.17) is 0 Å². The van der Waals surface area contributed by atoms with Crippen molar-refractivity contribution in [3.05, 3.63) is 65.2 Å². The molecular formula is C16H17NO. The Morgan fingerprint density at radius 2 is 1.61 bits per heavy atom. The van der Waals surface area contributed by atoms with E-state index >= 15 is 0 Å². The quantitative estimate of drug-likeness (QED) is 0.762. The molecule has 0 radical (unpaired) electrons. The van der Waals surface area contributed by atoms with E-state index in [0.717, 1.165) is 18.4 Å². The normalized spacial score (nSPS) is 10.1. The molecule has 92 valence electrons. The molecule has 2 aromatic carbocycles. The van der Waals surface area contributed by atoms with Crippen LogP contribution in [-0.4, -0.2) is 13.3 Å². The first-order chi connectivity index (χ1) is 8.69. The van der Waals surface area contributed by atoms with Crippen molar-refractivity contribution in [1.29, 1.82) is 0 Å². The molecule has 18 heavy (non-hydrogen) atoms. The predicted molar refractivity (Wildman–Crippen MR) is 75.1 cm³/mol. The van der Waals surface area contributed by atoms with Crippen LogP contribution in [0.4, 0.5) is 5.69 Å². The third-order valence-electron chi connectivity index (χ3n) is 3.01. The van der Waals surface area contributed by atoms with Crippen molar-refractivity contribution in [2.45, 2.75) is 13.5 Å². The lowest BCUT2D eigenvalue weighted by Gasteiger charge is -2.19. The Morgan fingerprint density at radius 3 is 2.17 bits per heavy atom. The molecule has 0 fully saturated rings. The molecule has 0 N–H and O–H groups in total. The van der Waals surface area contributed by atoms with Crippen LogP contribution in [0.3, 0.4) is 0 Å². The lowest BCUT2D eigenvalue weighted by molar-refractivity contribution is 0.112. The molecule has 0 heterocycles. The molecule has 0 aliphatic heterocycles. The zero-order valence-corrected chi connectivity index (χ0v) is 10.8. The third kappa shape index (κ3) is 2.98. The highest BCUT2D eigenvalue weighted by Gasteiger charge is 2.01. The molecule has 0 spiro atoms. The number of rotatable bonds is 4. The minimum Gasteiger partial charge on any atom is -0.370 e. The molecule has 2 nitrogen and oxygen atoms in total. The fourth-order valence-corrected chi connectivity index (χ4v) is 1.87. The number of hydrogen-bond donors (Lipinski definition) is 0. The lowest BCUT2D eigenvalue weighted by atomic mass is 10.1. The van der Waals surface area contributed by atoms with Gasteiger partial charge in [-0.1, -0.05) is 42.0 Å². The number of nitrogens with zero attached hydrogens (tertiary/aromatic N) is 1. The first-order valence-electron chi connectivity index (χ1n) is 6.01. The number of benzene rings is 2. The van der Waals surface area contributed by atoms with Crippen LogP contribution in [0.2, 0.25) is 0 Å². The Bertz CT molecular complexity index is 514. The van der Waals surface area contributed by atoms with Crippen LogP contribution in [0.15, 0.2) is 48.5 Å². The van der Waals surface area contributed by atoms with Gasteiger partial charge >= 0.3 is 0 Å². The summed E-state index contributed by atoms with van der Waals surface area (Å²) in [6, 6.07) is 16.2. The fourth-order valence-electron chi connectivity index (χ4n) is 1.87. The van der Waals surface area contributed by atoms with Gasteiger partial charge in [-0.05, 0) is 24.6 Å². The van der Waals surface area contributed by atoms with Crippen LogP contribution in [0, 0.1) is 6.92 Å². The van der Waals surface area contributed by atoms with Gasteiger partial charge in [-0.3, -0.25) is 4.79 Å². The summed E-state index contributed by atoms with van der Waals surface area (Å²) in [6.07, 6.45) is 0.869. The molecule has 0 aromatic heterocycles. The van der Waals surface area contributed by atoms with Gasteiger partial charge in [0.05, 0.1) is 0 Å². The highest BCUT2D eigenvalue weighted by Crippen LogP contribution is 2.16. The number of carbonyl (C=O) groups excluding carboxylic acids is 1. The summed E-state index contributed by atoms with van der Waals surface area (Å²) < 4.78 is 0. The highest BCUT2D eigenvalue weighted by molar-refractivity contribution is 5.74. The van der Waals surface area contributed by atoms with Gasteiger partial charge in [0.1, 0.15) is 6.29 Å². The van der Waals surface area contributed by atoms with Crippen LogP contribution in [0.1, 0.15) is 21.5 Å². The van der Waals surface area contributed by atoms with Crippen molar-refractivity contribution in [2.75, 3.05) is 11.9 Å². The van der Waals surface area contributed by atoms with E-state index in [1.165, 1.54) is 16.8 Å². The molecule has 0 aliphatic rings. The average Bonchev–Trinajstić information content (AvgIpc) is 2.40. The van der Waals surface area contributed by atoms with Gasteiger partial charge in [-0.2, -0.15) is 0 Å². The monoisotopic (exact) mass is 239 g/mol. The molecule has 2 heteroatoms. The topological polar surface area (TPSA) is 20.3 Å². The Hall–Kier alpha value is -2.09. The number of aldehydes is 1. The Labute approximate surface area is 108 Å². The number of carbonyl (C=O) groups is 1. The van der Waals surface area contributed by atoms with Crippen molar-refractivity contribution < 1.29 is 4.79 Å². The summed E-state index contributed by atoms with van der Waals surface area (Å²) in [4.78, 5) is 12.8. The molecule has 0 unspecified atom stereocenters. The maximum Gasteiger partial charge on any atom is 0.150 e. The summed E-state index contributed by atoms with van der Waals surface area (Å²) in [5, 5.41) is 0. The van der Waals surface area contributed by atoms with Crippen molar-refractivity contribution in [2.24, 2.45) is 0 Å². The predicted octanol–water partition coefficient (Wildman–Crippen LogP) is 3.44. The van der Waals surface area contributed by atoms with Gasteiger partial charge in [0.15, 0.2) is 0 Å². The van der Waals surface area contributed by atoms with E-state index in [-0.39, 0.29) is 0 Å². The minimum absolute atomic E-state index is 0.719. The Morgan fingerprint density at radius 1 is 1.00 bits per heavy atom. The van der Waals surface area contributed by atoms with E-state index in [1.54, 1.807) is 0 Å². The molecule has 0 saturated heterocycles. The molecule has 0 atom stereocenters. The number of hydrogen-bond acceptors (Lipinski definition) is 2. The van der Waals surface area contributed by atoms with E-state index in [2.05, 4.69) is 43.1 Å². The van der Waals surface area contributed by atoms with E-state index in [0.29, 0.717) is 0 Å². The number of aryl methyl sites for hydroxylation is 1. The van der Waals surface area contributed by atoms with Crippen molar-refractivity contribution in [3.8, 4) is 0 Å².